The van der Waals surface area contributed by atoms with E-state index < -0.39 is 0 Å². The SMILES string of the molecule is COCCn1ccc2ccc(C(=O)N3C[C@H]4C[C@@H](C3)[C@H]3CCCC(=O)N3C4)cc21. The molecule has 6 nitrogen and oxygen atoms in total. The Balaban J connectivity index is 1.36. The van der Waals surface area contributed by atoms with Crippen LogP contribution in [0.15, 0.2) is 30.5 Å². The van der Waals surface area contributed by atoms with Gasteiger partial charge in [-0.05, 0) is 54.7 Å². The van der Waals surface area contributed by atoms with Gasteiger partial charge in [0, 0.05) is 63.0 Å². The Kier molecular flexibility index (Phi) is 4.82. The molecule has 1 aromatic carbocycles. The summed E-state index contributed by atoms with van der Waals surface area (Å²) in [4.78, 5) is 29.9. The number of piperidine rings is 3. The molecule has 3 atom stereocenters. The van der Waals surface area contributed by atoms with Gasteiger partial charge in [0.2, 0.25) is 5.91 Å². The van der Waals surface area contributed by atoms with Gasteiger partial charge in [-0.25, -0.2) is 0 Å². The van der Waals surface area contributed by atoms with Gasteiger partial charge in [-0.1, -0.05) is 6.07 Å². The molecule has 154 valence electrons. The van der Waals surface area contributed by atoms with Gasteiger partial charge in [0.1, 0.15) is 0 Å². The molecule has 3 aliphatic heterocycles. The molecular formula is C23H29N3O3. The van der Waals surface area contributed by atoms with E-state index in [1.165, 1.54) is 0 Å². The molecule has 0 N–H and O–H groups in total. The fraction of sp³-hybridized carbons (Fsp3) is 0.565. The van der Waals surface area contributed by atoms with Crippen molar-refractivity contribution in [1.82, 2.24) is 14.4 Å². The van der Waals surface area contributed by atoms with Crippen LogP contribution in [-0.4, -0.2) is 65.6 Å². The third kappa shape index (κ3) is 3.33. The lowest BCUT2D eigenvalue weighted by atomic mass is 9.76. The smallest absolute Gasteiger partial charge is 0.253 e. The second kappa shape index (κ2) is 7.48. The number of amides is 2. The molecular weight excluding hydrogens is 366 g/mol. The summed E-state index contributed by atoms with van der Waals surface area (Å²) in [5.41, 5.74) is 1.83. The maximum Gasteiger partial charge on any atom is 0.253 e. The number of benzene rings is 1. The minimum absolute atomic E-state index is 0.122. The summed E-state index contributed by atoms with van der Waals surface area (Å²) in [6, 6.07) is 8.43. The van der Waals surface area contributed by atoms with Crippen LogP contribution in [-0.2, 0) is 16.1 Å². The van der Waals surface area contributed by atoms with Gasteiger partial charge < -0.3 is 19.1 Å². The number of carbonyl (C=O) groups is 2. The average Bonchev–Trinajstić information content (AvgIpc) is 3.14. The van der Waals surface area contributed by atoms with E-state index >= 15 is 0 Å². The van der Waals surface area contributed by atoms with Crippen LogP contribution in [0.3, 0.4) is 0 Å². The third-order valence-electron chi connectivity index (χ3n) is 7.02. The normalized spacial score (nSPS) is 26.7. The van der Waals surface area contributed by atoms with E-state index in [2.05, 4.69) is 21.7 Å². The number of hydrogen-bond donors (Lipinski definition) is 0. The summed E-state index contributed by atoms with van der Waals surface area (Å²) < 4.78 is 7.35. The predicted octanol–water partition coefficient (Wildman–Crippen LogP) is 2.76. The molecule has 6 heteroatoms. The van der Waals surface area contributed by atoms with Gasteiger partial charge in [0.25, 0.3) is 5.91 Å². The Hall–Kier alpha value is -2.34. The highest BCUT2D eigenvalue weighted by atomic mass is 16.5. The van der Waals surface area contributed by atoms with Crippen molar-refractivity contribution in [1.29, 1.82) is 0 Å². The van der Waals surface area contributed by atoms with E-state index in [1.807, 2.05) is 23.1 Å². The molecule has 4 heterocycles. The first-order valence-electron chi connectivity index (χ1n) is 10.8. The van der Waals surface area contributed by atoms with Crippen molar-refractivity contribution in [2.45, 2.75) is 38.3 Å². The fourth-order valence-corrected chi connectivity index (χ4v) is 5.66. The standard InChI is InChI=1S/C23H29N3O3/c1-29-10-9-24-8-7-17-5-6-18(12-21(17)24)23(28)25-13-16-11-19(15-25)20-3-2-4-22(27)26(20)14-16/h5-8,12,16,19-20H,2-4,9-11,13-15H2,1H3/t16-,19+,20-/m1/s1. The van der Waals surface area contributed by atoms with Gasteiger partial charge in [-0.3, -0.25) is 9.59 Å². The quantitative estimate of drug-likeness (QED) is 0.800. The van der Waals surface area contributed by atoms with Crippen molar-refractivity contribution in [2.24, 2.45) is 11.8 Å². The zero-order valence-electron chi connectivity index (χ0n) is 17.0. The zero-order chi connectivity index (χ0) is 20.0. The monoisotopic (exact) mass is 395 g/mol. The maximum absolute atomic E-state index is 13.4. The molecule has 2 bridgehead atoms. The number of hydrogen-bond acceptors (Lipinski definition) is 3. The summed E-state index contributed by atoms with van der Waals surface area (Å²) in [7, 11) is 1.70. The lowest BCUT2D eigenvalue weighted by Crippen LogP contribution is -2.61. The fourth-order valence-electron chi connectivity index (χ4n) is 5.66. The number of rotatable bonds is 4. The number of likely N-dealkylation sites (tertiary alicyclic amines) is 1. The Morgan fingerprint density at radius 2 is 2.10 bits per heavy atom. The van der Waals surface area contributed by atoms with Crippen LogP contribution >= 0.6 is 0 Å². The molecule has 0 radical (unpaired) electrons. The number of nitrogens with zero attached hydrogens (tertiary/aromatic N) is 3. The molecule has 3 aliphatic rings. The summed E-state index contributed by atoms with van der Waals surface area (Å²) in [5, 5.41) is 1.14. The van der Waals surface area contributed by atoms with Crippen LogP contribution in [0.1, 0.15) is 36.0 Å². The van der Waals surface area contributed by atoms with Crippen LogP contribution in [0.2, 0.25) is 0 Å². The molecule has 2 amide bonds. The lowest BCUT2D eigenvalue weighted by molar-refractivity contribution is -0.144. The summed E-state index contributed by atoms with van der Waals surface area (Å²) in [6.07, 6.45) is 5.98. The Morgan fingerprint density at radius 1 is 1.21 bits per heavy atom. The molecule has 5 rings (SSSR count). The Morgan fingerprint density at radius 3 is 2.97 bits per heavy atom. The van der Waals surface area contributed by atoms with Gasteiger partial charge in [0.05, 0.1) is 6.61 Å². The molecule has 3 saturated heterocycles. The molecule has 0 spiro atoms. The van der Waals surface area contributed by atoms with Gasteiger partial charge in [-0.2, -0.15) is 0 Å². The minimum Gasteiger partial charge on any atom is -0.383 e. The Bertz CT molecular complexity index is 937. The van der Waals surface area contributed by atoms with Crippen molar-refractivity contribution in [3.05, 3.63) is 36.0 Å². The largest absolute Gasteiger partial charge is 0.383 e. The molecule has 0 aliphatic carbocycles. The highest BCUT2D eigenvalue weighted by Crippen LogP contribution is 2.38. The summed E-state index contributed by atoms with van der Waals surface area (Å²) >= 11 is 0. The van der Waals surface area contributed by atoms with Gasteiger partial charge in [-0.15, -0.1) is 0 Å². The van der Waals surface area contributed by atoms with Crippen molar-refractivity contribution in [3.8, 4) is 0 Å². The van der Waals surface area contributed by atoms with Crippen molar-refractivity contribution in [3.63, 3.8) is 0 Å². The van der Waals surface area contributed by atoms with E-state index in [0.29, 0.717) is 36.8 Å². The zero-order valence-corrected chi connectivity index (χ0v) is 17.0. The molecule has 1 aromatic heterocycles. The van der Waals surface area contributed by atoms with Crippen molar-refractivity contribution in [2.75, 3.05) is 33.4 Å². The van der Waals surface area contributed by atoms with Gasteiger partial charge >= 0.3 is 0 Å². The van der Waals surface area contributed by atoms with Crippen LogP contribution < -0.4 is 0 Å². The van der Waals surface area contributed by atoms with E-state index in [1.54, 1.807) is 7.11 Å². The van der Waals surface area contributed by atoms with E-state index in [4.69, 9.17) is 4.74 Å². The second-order valence-electron chi connectivity index (χ2n) is 8.85. The van der Waals surface area contributed by atoms with Gasteiger partial charge in [0.15, 0.2) is 0 Å². The number of carbonyl (C=O) groups excluding carboxylic acids is 2. The maximum atomic E-state index is 13.4. The first-order chi connectivity index (χ1) is 14.1. The third-order valence-corrected chi connectivity index (χ3v) is 7.02. The predicted molar refractivity (Wildman–Crippen MR) is 111 cm³/mol. The molecule has 0 saturated carbocycles. The number of aromatic nitrogens is 1. The second-order valence-corrected chi connectivity index (χ2v) is 8.85. The summed E-state index contributed by atoms with van der Waals surface area (Å²) in [5.74, 6) is 1.27. The molecule has 3 fully saturated rings. The van der Waals surface area contributed by atoms with E-state index in [-0.39, 0.29) is 5.91 Å². The minimum atomic E-state index is 0.122. The molecule has 0 unspecified atom stereocenters. The number of methoxy groups -OCH3 is 1. The highest BCUT2D eigenvalue weighted by Gasteiger charge is 2.44. The van der Waals surface area contributed by atoms with Crippen LogP contribution in [0.25, 0.3) is 10.9 Å². The van der Waals surface area contributed by atoms with Crippen molar-refractivity contribution < 1.29 is 14.3 Å². The molecule has 29 heavy (non-hydrogen) atoms. The van der Waals surface area contributed by atoms with Crippen molar-refractivity contribution >= 4 is 22.7 Å². The lowest BCUT2D eigenvalue weighted by Gasteiger charge is -2.52. The van der Waals surface area contributed by atoms with Crippen LogP contribution in [0.4, 0.5) is 0 Å². The first kappa shape index (κ1) is 18.7. The average molecular weight is 396 g/mol. The topological polar surface area (TPSA) is 54.8 Å². The van der Waals surface area contributed by atoms with E-state index in [9.17, 15) is 9.59 Å². The van der Waals surface area contributed by atoms with E-state index in [0.717, 1.165) is 61.9 Å². The van der Waals surface area contributed by atoms with Crippen LogP contribution in [0, 0.1) is 11.8 Å². The highest BCUT2D eigenvalue weighted by molar-refractivity contribution is 5.98. The first-order valence-corrected chi connectivity index (χ1v) is 10.8. The van der Waals surface area contributed by atoms with Crippen LogP contribution in [0.5, 0.6) is 0 Å². The summed E-state index contributed by atoms with van der Waals surface area (Å²) in [6.45, 7) is 3.77. The number of ether oxygens (including phenoxy) is 1. The number of fused-ring (bicyclic) bond motifs is 5. The molecule has 2 aromatic rings. The Labute approximate surface area is 171 Å².